The predicted octanol–water partition coefficient (Wildman–Crippen LogP) is 5.71. The molecule has 1 saturated carbocycles. The van der Waals surface area contributed by atoms with E-state index in [2.05, 4.69) is 20.3 Å². The van der Waals surface area contributed by atoms with Crippen LogP contribution in [0, 0.1) is 5.92 Å². The fraction of sp³-hybridized carbons (Fsp3) is 0.406. The number of fused-ring (bicyclic) bond motifs is 1. The van der Waals surface area contributed by atoms with Gasteiger partial charge in [-0.1, -0.05) is 62.1 Å². The van der Waals surface area contributed by atoms with E-state index in [1.807, 2.05) is 19.1 Å². The normalized spacial score (nSPS) is 14.6. The van der Waals surface area contributed by atoms with E-state index in [1.165, 1.54) is 23.5 Å². The average Bonchev–Trinajstić information content (AvgIpc) is 3.69. The number of carbonyl (C=O) groups excluding carboxylic acids is 2. The molecule has 1 amide bonds. The highest BCUT2D eigenvalue weighted by Crippen LogP contribution is 2.36. The summed E-state index contributed by atoms with van der Waals surface area (Å²) in [5.74, 6) is -0.892. The highest BCUT2D eigenvalue weighted by atomic mass is 32.2. The van der Waals surface area contributed by atoms with Crippen molar-refractivity contribution in [1.29, 1.82) is 0 Å². The van der Waals surface area contributed by atoms with Crippen LogP contribution in [0.5, 0.6) is 0 Å². The number of aryl methyl sites for hydroxylation is 1. The first-order valence-electron chi connectivity index (χ1n) is 15.0. The Balaban J connectivity index is 1.39. The van der Waals surface area contributed by atoms with E-state index in [0.29, 0.717) is 23.2 Å². The maximum Gasteiger partial charge on any atom is 0.321 e. The lowest BCUT2D eigenvalue weighted by molar-refractivity contribution is -0.143. The fourth-order valence-electron chi connectivity index (χ4n) is 5.54. The second kappa shape index (κ2) is 14.4. The molecule has 1 N–H and O–H groups in total. The maximum absolute atomic E-state index is 13.7. The van der Waals surface area contributed by atoms with Crippen molar-refractivity contribution in [2.45, 2.75) is 69.7 Å². The lowest BCUT2D eigenvalue weighted by Crippen LogP contribution is -2.36. The van der Waals surface area contributed by atoms with E-state index in [4.69, 9.17) is 4.74 Å². The number of rotatable bonds is 13. The number of carbonyl (C=O) groups is 2. The number of nitrogens with one attached hydrogen (secondary N) is 1. The molecule has 0 saturated heterocycles. The molecule has 1 fully saturated rings. The number of thiazole rings is 1. The molecule has 4 aromatic rings. The lowest BCUT2D eigenvalue weighted by atomic mass is 9.87. The number of aromatic nitrogens is 3. The second-order valence-electron chi connectivity index (χ2n) is 10.9. The molecule has 0 radical (unpaired) electrons. The smallest absolute Gasteiger partial charge is 0.321 e. The molecule has 0 bridgehead atoms. The van der Waals surface area contributed by atoms with Gasteiger partial charge in [-0.2, -0.15) is 4.31 Å². The van der Waals surface area contributed by atoms with Gasteiger partial charge in [-0.3, -0.25) is 14.6 Å². The zero-order valence-corrected chi connectivity index (χ0v) is 26.6. The fourth-order valence-corrected chi connectivity index (χ4v) is 7.76. The third kappa shape index (κ3) is 7.66. The van der Waals surface area contributed by atoms with E-state index >= 15 is 0 Å². The van der Waals surface area contributed by atoms with Crippen molar-refractivity contribution in [3.05, 3.63) is 77.7 Å². The Kier molecular flexibility index (Phi) is 10.3. The number of nitrogens with zero attached hydrogens (tertiary/aromatic N) is 4. The Labute approximate surface area is 262 Å². The lowest BCUT2D eigenvalue weighted by Gasteiger charge is -2.22. The van der Waals surface area contributed by atoms with Crippen LogP contribution in [0.1, 0.15) is 68.8 Å². The van der Waals surface area contributed by atoms with Crippen LogP contribution in [0.3, 0.4) is 0 Å². The number of anilines is 1. The minimum absolute atomic E-state index is 0.0190. The molecule has 12 heteroatoms. The molecular formula is C32H37N5O5S2. The van der Waals surface area contributed by atoms with Crippen molar-refractivity contribution in [1.82, 2.24) is 19.3 Å². The van der Waals surface area contributed by atoms with Gasteiger partial charge in [-0.05, 0) is 67.6 Å². The zero-order chi connectivity index (χ0) is 31.1. The number of ether oxygens (including phenoxy) is 1. The number of hydrogen-bond acceptors (Lipinski definition) is 9. The first-order chi connectivity index (χ1) is 21.3. The Hall–Kier alpha value is -3.74. The van der Waals surface area contributed by atoms with Gasteiger partial charge in [0.2, 0.25) is 15.9 Å². The van der Waals surface area contributed by atoms with Gasteiger partial charge >= 0.3 is 5.97 Å². The molecule has 5 rings (SSSR count). The van der Waals surface area contributed by atoms with Gasteiger partial charge in [0, 0.05) is 11.9 Å². The van der Waals surface area contributed by atoms with Crippen LogP contribution in [0.15, 0.2) is 65.7 Å². The molecule has 1 aliphatic carbocycles. The summed E-state index contributed by atoms with van der Waals surface area (Å²) in [5.41, 5.74) is 2.93. The van der Waals surface area contributed by atoms with Crippen LogP contribution in [0.2, 0.25) is 0 Å². The second-order valence-corrected chi connectivity index (χ2v) is 13.8. The maximum atomic E-state index is 13.7. The van der Waals surface area contributed by atoms with Crippen LogP contribution in [0.4, 0.5) is 5.13 Å². The molecule has 44 heavy (non-hydrogen) atoms. The topological polar surface area (TPSA) is 131 Å². The van der Waals surface area contributed by atoms with E-state index in [0.717, 1.165) is 58.0 Å². The Morgan fingerprint density at radius 2 is 1.80 bits per heavy atom. The highest BCUT2D eigenvalue weighted by molar-refractivity contribution is 7.89. The number of amides is 1. The number of hydrogen-bond donors (Lipinski definition) is 1. The highest BCUT2D eigenvalue weighted by Gasteiger charge is 2.30. The van der Waals surface area contributed by atoms with Crippen LogP contribution >= 0.6 is 11.3 Å². The third-order valence-corrected chi connectivity index (χ3v) is 10.5. The first-order valence-corrected chi connectivity index (χ1v) is 17.3. The van der Waals surface area contributed by atoms with Crippen molar-refractivity contribution in [3.8, 4) is 0 Å². The van der Waals surface area contributed by atoms with Gasteiger partial charge < -0.3 is 10.1 Å². The number of benzene rings is 1. The molecule has 1 aromatic carbocycles. The number of pyridine rings is 2. The van der Waals surface area contributed by atoms with E-state index < -0.39 is 28.5 Å². The van der Waals surface area contributed by atoms with Gasteiger partial charge in [0.25, 0.3) is 0 Å². The molecule has 3 aromatic heterocycles. The van der Waals surface area contributed by atoms with Crippen LogP contribution < -0.4 is 5.32 Å². The summed E-state index contributed by atoms with van der Waals surface area (Å²) in [4.78, 5) is 40.3. The molecule has 0 spiro atoms. The standard InChI is InChI=1S/C32H37N5O5S2/c1-3-24-14-17-28-31(34-24)43-32(35-28)36-30(39)27(19-22-9-5-6-10-22)23-12-15-26(16-13-23)44(40,41)37(21-29(38)42-4-2)20-25-11-7-8-18-33-25/h7-8,11-18,22,27H,3-6,9-10,19-21H2,1-2H3,(H,35,36,39). The number of esters is 1. The molecule has 232 valence electrons. The number of sulfonamides is 1. The molecular weight excluding hydrogens is 599 g/mol. The molecule has 1 aliphatic rings. The van der Waals surface area contributed by atoms with E-state index in [-0.39, 0.29) is 24.0 Å². The van der Waals surface area contributed by atoms with E-state index in [9.17, 15) is 18.0 Å². The van der Waals surface area contributed by atoms with Gasteiger partial charge in [0.1, 0.15) is 16.9 Å². The predicted molar refractivity (Wildman–Crippen MR) is 170 cm³/mol. The largest absolute Gasteiger partial charge is 0.465 e. The third-order valence-electron chi connectivity index (χ3n) is 7.86. The zero-order valence-electron chi connectivity index (χ0n) is 24.9. The van der Waals surface area contributed by atoms with Gasteiger partial charge in [0.15, 0.2) is 5.13 Å². The Morgan fingerprint density at radius 3 is 2.48 bits per heavy atom. The molecule has 1 atom stereocenters. The van der Waals surface area contributed by atoms with Crippen molar-refractivity contribution in [3.63, 3.8) is 0 Å². The van der Waals surface area contributed by atoms with Gasteiger partial charge in [-0.15, -0.1) is 0 Å². The molecule has 1 unspecified atom stereocenters. The monoisotopic (exact) mass is 635 g/mol. The van der Waals surface area contributed by atoms with Crippen LogP contribution in [-0.2, 0) is 37.3 Å². The quantitative estimate of drug-likeness (QED) is 0.185. The summed E-state index contributed by atoms with van der Waals surface area (Å²) in [5, 5.41) is 3.50. The van der Waals surface area contributed by atoms with Crippen molar-refractivity contribution < 1.29 is 22.7 Å². The molecule has 3 heterocycles. The summed E-state index contributed by atoms with van der Waals surface area (Å²) in [6, 6.07) is 15.5. The summed E-state index contributed by atoms with van der Waals surface area (Å²) < 4.78 is 33.6. The first kappa shape index (κ1) is 31.7. The summed E-state index contributed by atoms with van der Waals surface area (Å²) >= 11 is 1.35. The minimum atomic E-state index is -4.09. The molecule has 0 aliphatic heterocycles. The van der Waals surface area contributed by atoms with Gasteiger partial charge in [0.05, 0.1) is 29.7 Å². The van der Waals surface area contributed by atoms with Crippen molar-refractivity contribution in [2.75, 3.05) is 18.5 Å². The Bertz CT molecular complexity index is 1690. The van der Waals surface area contributed by atoms with E-state index in [1.54, 1.807) is 43.5 Å². The van der Waals surface area contributed by atoms with Crippen LogP contribution in [0.25, 0.3) is 10.3 Å². The molecule has 10 nitrogen and oxygen atoms in total. The van der Waals surface area contributed by atoms with Crippen molar-refractivity contribution >= 4 is 48.7 Å². The Morgan fingerprint density at radius 1 is 1.02 bits per heavy atom. The average molecular weight is 636 g/mol. The minimum Gasteiger partial charge on any atom is -0.465 e. The summed E-state index contributed by atoms with van der Waals surface area (Å²) in [6.45, 7) is 3.32. The van der Waals surface area contributed by atoms with Crippen LogP contribution in [-0.4, -0.2) is 52.7 Å². The van der Waals surface area contributed by atoms with Gasteiger partial charge in [-0.25, -0.2) is 18.4 Å². The van der Waals surface area contributed by atoms with Crippen molar-refractivity contribution in [2.24, 2.45) is 5.92 Å². The summed E-state index contributed by atoms with van der Waals surface area (Å²) in [6.07, 6.45) is 7.47. The summed E-state index contributed by atoms with van der Waals surface area (Å²) in [7, 11) is -4.09. The SMILES string of the molecule is CCOC(=O)CN(Cc1ccccn1)S(=O)(=O)c1ccc(C(CC2CCCC2)C(=O)Nc2nc3ccc(CC)nc3s2)cc1.